The summed E-state index contributed by atoms with van der Waals surface area (Å²) in [4.78, 5) is 28.4. The van der Waals surface area contributed by atoms with Gasteiger partial charge in [0.15, 0.2) is 0 Å². The van der Waals surface area contributed by atoms with Crippen LogP contribution in [0.25, 0.3) is 0 Å². The third-order valence-electron chi connectivity index (χ3n) is 4.34. The second-order valence-electron chi connectivity index (χ2n) is 6.87. The number of anilines is 1. The number of amides is 1. The van der Waals surface area contributed by atoms with Crippen molar-refractivity contribution in [2.24, 2.45) is 0 Å². The Hall–Kier alpha value is -3.39. The van der Waals surface area contributed by atoms with Gasteiger partial charge in [0.05, 0.1) is 11.4 Å². The predicted octanol–water partition coefficient (Wildman–Crippen LogP) is 4.60. The standard InChI is InChI=1S/C24H23FN2O4S/c1-17(32-16-23(28)27-20-9-7-19(25)8-10-20)24(29)31-14-18-5-11-22(12-6-18)30-15-21-4-2-3-13-26-21/h2-13,17H,14-16H2,1H3,(H,27,28). The van der Waals surface area contributed by atoms with E-state index in [-0.39, 0.29) is 24.1 Å². The van der Waals surface area contributed by atoms with Crippen molar-refractivity contribution >= 4 is 29.3 Å². The summed E-state index contributed by atoms with van der Waals surface area (Å²) in [6.45, 7) is 2.19. The molecular weight excluding hydrogens is 431 g/mol. The maximum Gasteiger partial charge on any atom is 0.319 e. The molecule has 32 heavy (non-hydrogen) atoms. The van der Waals surface area contributed by atoms with Crippen molar-refractivity contribution in [3.05, 3.63) is 90.0 Å². The fourth-order valence-electron chi connectivity index (χ4n) is 2.59. The normalized spacial score (nSPS) is 11.4. The van der Waals surface area contributed by atoms with Crippen molar-refractivity contribution in [2.75, 3.05) is 11.1 Å². The molecule has 0 aliphatic heterocycles. The molecule has 1 N–H and O–H groups in total. The zero-order valence-electron chi connectivity index (χ0n) is 17.5. The zero-order valence-corrected chi connectivity index (χ0v) is 18.3. The lowest BCUT2D eigenvalue weighted by molar-refractivity contribution is -0.143. The average molecular weight is 455 g/mol. The van der Waals surface area contributed by atoms with Gasteiger partial charge in [0.2, 0.25) is 5.91 Å². The van der Waals surface area contributed by atoms with Crippen molar-refractivity contribution in [1.29, 1.82) is 0 Å². The van der Waals surface area contributed by atoms with E-state index >= 15 is 0 Å². The summed E-state index contributed by atoms with van der Waals surface area (Å²) in [6.07, 6.45) is 1.72. The number of halogens is 1. The monoisotopic (exact) mass is 454 g/mol. The molecule has 3 rings (SSSR count). The highest BCUT2D eigenvalue weighted by Crippen LogP contribution is 2.17. The molecule has 0 saturated heterocycles. The van der Waals surface area contributed by atoms with E-state index in [1.54, 1.807) is 13.1 Å². The second kappa shape index (κ2) is 11.9. The number of thioether (sulfide) groups is 1. The largest absolute Gasteiger partial charge is 0.487 e. The summed E-state index contributed by atoms with van der Waals surface area (Å²) in [7, 11) is 0. The number of benzene rings is 2. The third-order valence-corrected chi connectivity index (χ3v) is 5.46. The molecule has 6 nitrogen and oxygen atoms in total. The Bertz CT molecular complexity index is 1010. The molecule has 0 bridgehead atoms. The van der Waals surface area contributed by atoms with Gasteiger partial charge in [0, 0.05) is 11.9 Å². The number of hydrogen-bond acceptors (Lipinski definition) is 6. The fraction of sp³-hybridized carbons (Fsp3) is 0.208. The van der Waals surface area contributed by atoms with Crippen LogP contribution in [0, 0.1) is 5.82 Å². The summed E-state index contributed by atoms with van der Waals surface area (Å²) in [5.41, 5.74) is 2.16. The minimum atomic E-state index is -0.505. The van der Waals surface area contributed by atoms with Crippen LogP contribution in [0.4, 0.5) is 10.1 Å². The highest BCUT2D eigenvalue weighted by atomic mass is 32.2. The number of esters is 1. The number of carbonyl (C=O) groups is 2. The Morgan fingerprint density at radius 2 is 1.78 bits per heavy atom. The lowest BCUT2D eigenvalue weighted by Crippen LogP contribution is -2.21. The Morgan fingerprint density at radius 3 is 2.47 bits per heavy atom. The first-order valence-corrected chi connectivity index (χ1v) is 11.0. The highest BCUT2D eigenvalue weighted by Gasteiger charge is 2.17. The van der Waals surface area contributed by atoms with Crippen LogP contribution in [0.2, 0.25) is 0 Å². The first kappa shape index (κ1) is 23.3. The van der Waals surface area contributed by atoms with E-state index in [0.29, 0.717) is 18.0 Å². The van der Waals surface area contributed by atoms with E-state index in [1.807, 2.05) is 42.5 Å². The first-order chi connectivity index (χ1) is 15.5. The lowest BCUT2D eigenvalue weighted by Gasteiger charge is -2.12. The van der Waals surface area contributed by atoms with Gasteiger partial charge in [-0.05, 0) is 61.0 Å². The topological polar surface area (TPSA) is 77.5 Å². The van der Waals surface area contributed by atoms with Crippen LogP contribution in [-0.2, 0) is 27.5 Å². The number of aromatic nitrogens is 1. The number of pyridine rings is 1. The van der Waals surface area contributed by atoms with Gasteiger partial charge < -0.3 is 14.8 Å². The van der Waals surface area contributed by atoms with Crippen LogP contribution in [0.5, 0.6) is 5.75 Å². The Kier molecular flexibility index (Phi) is 8.62. The van der Waals surface area contributed by atoms with Gasteiger partial charge in [-0.1, -0.05) is 18.2 Å². The summed E-state index contributed by atoms with van der Waals surface area (Å²) in [5, 5.41) is 2.15. The quantitative estimate of drug-likeness (QED) is 0.451. The average Bonchev–Trinajstić information content (AvgIpc) is 2.82. The van der Waals surface area contributed by atoms with Crippen LogP contribution in [0.15, 0.2) is 72.9 Å². The first-order valence-electron chi connectivity index (χ1n) is 9.95. The van der Waals surface area contributed by atoms with Gasteiger partial charge in [0.25, 0.3) is 0 Å². The summed E-state index contributed by atoms with van der Waals surface area (Å²) < 4.78 is 23.9. The summed E-state index contributed by atoms with van der Waals surface area (Å²) in [6, 6.07) is 18.4. The minimum absolute atomic E-state index is 0.0793. The van der Waals surface area contributed by atoms with Gasteiger partial charge in [-0.15, -0.1) is 11.8 Å². The molecule has 1 amide bonds. The van der Waals surface area contributed by atoms with E-state index in [4.69, 9.17) is 9.47 Å². The molecule has 0 fully saturated rings. The molecule has 1 atom stereocenters. The molecule has 0 spiro atoms. The Labute approximate surface area is 190 Å². The summed E-state index contributed by atoms with van der Waals surface area (Å²) >= 11 is 1.17. The van der Waals surface area contributed by atoms with Crippen LogP contribution >= 0.6 is 11.8 Å². The molecule has 1 heterocycles. The smallest absolute Gasteiger partial charge is 0.319 e. The summed E-state index contributed by atoms with van der Waals surface area (Å²) in [5.74, 6) is -0.277. The van der Waals surface area contributed by atoms with Crippen LogP contribution < -0.4 is 10.1 Å². The van der Waals surface area contributed by atoms with Gasteiger partial charge >= 0.3 is 5.97 Å². The number of nitrogens with one attached hydrogen (secondary N) is 1. The van der Waals surface area contributed by atoms with E-state index in [0.717, 1.165) is 11.3 Å². The SMILES string of the molecule is CC(SCC(=O)Nc1ccc(F)cc1)C(=O)OCc1ccc(OCc2ccccn2)cc1. The lowest BCUT2D eigenvalue weighted by atomic mass is 10.2. The molecule has 0 saturated carbocycles. The molecule has 0 aliphatic rings. The number of rotatable bonds is 10. The minimum Gasteiger partial charge on any atom is -0.487 e. The van der Waals surface area contributed by atoms with E-state index < -0.39 is 11.2 Å². The molecule has 1 aromatic heterocycles. The van der Waals surface area contributed by atoms with Gasteiger partial charge in [-0.25, -0.2) is 4.39 Å². The molecule has 166 valence electrons. The molecule has 0 radical (unpaired) electrons. The molecular formula is C24H23FN2O4S. The van der Waals surface area contributed by atoms with E-state index in [9.17, 15) is 14.0 Å². The van der Waals surface area contributed by atoms with E-state index in [1.165, 1.54) is 36.0 Å². The van der Waals surface area contributed by atoms with Crippen LogP contribution in [0.3, 0.4) is 0 Å². The second-order valence-corrected chi connectivity index (χ2v) is 8.20. The van der Waals surface area contributed by atoms with Crippen molar-refractivity contribution < 1.29 is 23.5 Å². The Balaban J connectivity index is 1.36. The maximum atomic E-state index is 12.9. The fourth-order valence-corrected chi connectivity index (χ4v) is 3.27. The molecule has 1 unspecified atom stereocenters. The number of nitrogens with zero attached hydrogens (tertiary/aromatic N) is 1. The Morgan fingerprint density at radius 1 is 1.03 bits per heavy atom. The number of carbonyl (C=O) groups excluding carboxylic acids is 2. The van der Waals surface area contributed by atoms with E-state index in [2.05, 4.69) is 10.3 Å². The van der Waals surface area contributed by atoms with Crippen molar-refractivity contribution in [2.45, 2.75) is 25.4 Å². The molecule has 2 aromatic carbocycles. The van der Waals surface area contributed by atoms with Crippen molar-refractivity contribution in [1.82, 2.24) is 4.98 Å². The maximum absolute atomic E-state index is 12.9. The van der Waals surface area contributed by atoms with Gasteiger partial charge in [-0.3, -0.25) is 14.6 Å². The van der Waals surface area contributed by atoms with Crippen LogP contribution in [0.1, 0.15) is 18.2 Å². The van der Waals surface area contributed by atoms with Gasteiger partial charge in [-0.2, -0.15) is 0 Å². The molecule has 3 aromatic rings. The number of ether oxygens (including phenoxy) is 2. The van der Waals surface area contributed by atoms with Crippen molar-refractivity contribution in [3.8, 4) is 5.75 Å². The van der Waals surface area contributed by atoms with Crippen LogP contribution in [-0.4, -0.2) is 27.9 Å². The highest BCUT2D eigenvalue weighted by molar-refractivity contribution is 8.01. The molecule has 8 heteroatoms. The van der Waals surface area contributed by atoms with Gasteiger partial charge in [0.1, 0.15) is 30.0 Å². The molecule has 0 aliphatic carbocycles. The third kappa shape index (κ3) is 7.70. The predicted molar refractivity (Wildman–Crippen MR) is 122 cm³/mol. The zero-order chi connectivity index (χ0) is 22.8. The van der Waals surface area contributed by atoms with Crippen molar-refractivity contribution in [3.63, 3.8) is 0 Å². The number of hydrogen-bond donors (Lipinski definition) is 1.